The number of rotatable bonds is 6. The Kier molecular flexibility index (Phi) is 5.95. The third kappa shape index (κ3) is 4.97. The highest BCUT2D eigenvalue weighted by Gasteiger charge is 2.25. The molecule has 1 heterocycles. The molecular formula is C20H23ClN2O2. The predicted molar refractivity (Wildman–Crippen MR) is 99.7 cm³/mol. The molecule has 0 aromatic heterocycles. The minimum Gasteiger partial charge on any atom is -0.489 e. The van der Waals surface area contributed by atoms with E-state index in [1.54, 1.807) is 0 Å². The third-order valence-corrected chi connectivity index (χ3v) is 4.80. The number of nitrogens with two attached hydrogens (primary N) is 1. The average Bonchev–Trinajstić information content (AvgIpc) is 3.11. The van der Waals surface area contributed by atoms with Gasteiger partial charge in [-0.15, -0.1) is 0 Å². The molecule has 0 radical (unpaired) electrons. The van der Waals surface area contributed by atoms with Crippen molar-refractivity contribution in [2.24, 2.45) is 11.7 Å². The number of ether oxygens (including phenoxy) is 1. The normalized spacial score (nSPS) is 16.9. The molecule has 1 aliphatic heterocycles. The van der Waals surface area contributed by atoms with E-state index < -0.39 is 0 Å². The molecule has 1 unspecified atom stereocenters. The molecule has 132 valence electrons. The molecule has 0 saturated carbocycles. The zero-order valence-corrected chi connectivity index (χ0v) is 14.9. The third-order valence-electron chi connectivity index (χ3n) is 4.54. The van der Waals surface area contributed by atoms with Crippen molar-refractivity contribution in [2.75, 3.05) is 19.6 Å². The number of hydrogen-bond acceptors (Lipinski definition) is 3. The molecule has 1 aliphatic rings. The van der Waals surface area contributed by atoms with Crippen LogP contribution in [0.15, 0.2) is 48.5 Å². The van der Waals surface area contributed by atoms with Crippen molar-refractivity contribution in [1.82, 2.24) is 4.90 Å². The zero-order valence-electron chi connectivity index (χ0n) is 14.2. The summed E-state index contributed by atoms with van der Waals surface area (Å²) in [6, 6.07) is 15.3. The number of likely N-dealkylation sites (tertiary alicyclic amines) is 1. The Morgan fingerprint density at radius 2 is 2.00 bits per heavy atom. The van der Waals surface area contributed by atoms with E-state index >= 15 is 0 Å². The van der Waals surface area contributed by atoms with Gasteiger partial charge < -0.3 is 15.4 Å². The lowest BCUT2D eigenvalue weighted by atomic mass is 10.1. The first kappa shape index (κ1) is 17.8. The maximum absolute atomic E-state index is 12.4. The maximum atomic E-state index is 12.4. The number of halogens is 1. The van der Waals surface area contributed by atoms with Gasteiger partial charge in [0.15, 0.2) is 0 Å². The highest BCUT2D eigenvalue weighted by molar-refractivity contribution is 6.30. The maximum Gasteiger partial charge on any atom is 0.227 e. The number of carbonyl (C=O) groups is 1. The minimum atomic E-state index is 0.158. The summed E-state index contributed by atoms with van der Waals surface area (Å²) in [6.45, 7) is 2.71. The molecule has 1 saturated heterocycles. The lowest BCUT2D eigenvalue weighted by molar-refractivity contribution is -0.129. The molecule has 2 aromatic rings. The summed E-state index contributed by atoms with van der Waals surface area (Å²) in [5, 5.41) is 0.711. The Bertz CT molecular complexity index is 718. The van der Waals surface area contributed by atoms with Gasteiger partial charge in [-0.1, -0.05) is 35.9 Å². The monoisotopic (exact) mass is 358 g/mol. The van der Waals surface area contributed by atoms with E-state index in [9.17, 15) is 4.79 Å². The minimum absolute atomic E-state index is 0.158. The van der Waals surface area contributed by atoms with E-state index in [1.807, 2.05) is 53.4 Å². The van der Waals surface area contributed by atoms with Gasteiger partial charge >= 0.3 is 0 Å². The average molecular weight is 359 g/mol. The number of nitrogens with zero attached hydrogens (tertiary/aromatic N) is 1. The summed E-state index contributed by atoms with van der Waals surface area (Å²) in [5.41, 5.74) is 7.72. The number of amides is 1. The van der Waals surface area contributed by atoms with Gasteiger partial charge in [0.05, 0.1) is 6.42 Å². The quantitative estimate of drug-likeness (QED) is 0.862. The first-order valence-corrected chi connectivity index (χ1v) is 8.96. The summed E-state index contributed by atoms with van der Waals surface area (Å²) in [5.74, 6) is 1.37. The van der Waals surface area contributed by atoms with Gasteiger partial charge in [-0.25, -0.2) is 0 Å². The number of benzene rings is 2. The molecule has 0 aliphatic carbocycles. The van der Waals surface area contributed by atoms with Crippen molar-refractivity contribution in [1.29, 1.82) is 0 Å². The topological polar surface area (TPSA) is 55.6 Å². The van der Waals surface area contributed by atoms with E-state index in [0.717, 1.165) is 36.4 Å². The fraction of sp³-hybridized carbons (Fsp3) is 0.350. The van der Waals surface area contributed by atoms with E-state index in [1.165, 1.54) is 0 Å². The van der Waals surface area contributed by atoms with Crippen molar-refractivity contribution < 1.29 is 9.53 Å². The van der Waals surface area contributed by atoms with Crippen molar-refractivity contribution in [3.8, 4) is 5.75 Å². The van der Waals surface area contributed by atoms with Gasteiger partial charge in [-0.05, 0) is 54.3 Å². The van der Waals surface area contributed by atoms with Gasteiger partial charge in [0.2, 0.25) is 5.91 Å². The molecular weight excluding hydrogens is 336 g/mol. The van der Waals surface area contributed by atoms with Gasteiger partial charge in [0.25, 0.3) is 0 Å². The van der Waals surface area contributed by atoms with Crippen molar-refractivity contribution in [3.63, 3.8) is 0 Å². The Morgan fingerprint density at radius 1 is 1.20 bits per heavy atom. The van der Waals surface area contributed by atoms with Gasteiger partial charge in [0.1, 0.15) is 12.4 Å². The van der Waals surface area contributed by atoms with Crippen LogP contribution in [0.2, 0.25) is 5.02 Å². The Hall–Kier alpha value is -2.04. The van der Waals surface area contributed by atoms with E-state index in [2.05, 4.69) is 0 Å². The van der Waals surface area contributed by atoms with Crippen LogP contribution in [0, 0.1) is 5.92 Å². The molecule has 2 N–H and O–H groups in total. The molecule has 4 nitrogen and oxygen atoms in total. The van der Waals surface area contributed by atoms with Crippen LogP contribution in [0.4, 0.5) is 0 Å². The molecule has 3 rings (SSSR count). The first-order chi connectivity index (χ1) is 12.1. The van der Waals surface area contributed by atoms with E-state index in [0.29, 0.717) is 30.5 Å². The lowest BCUT2D eigenvalue weighted by Gasteiger charge is -2.16. The molecule has 0 spiro atoms. The Balaban J connectivity index is 1.56. The first-order valence-electron chi connectivity index (χ1n) is 8.58. The van der Waals surface area contributed by atoms with Gasteiger partial charge in [0, 0.05) is 18.1 Å². The highest BCUT2D eigenvalue weighted by atomic mass is 35.5. The smallest absolute Gasteiger partial charge is 0.227 e. The van der Waals surface area contributed by atoms with Crippen LogP contribution < -0.4 is 10.5 Å². The van der Waals surface area contributed by atoms with Gasteiger partial charge in [-0.2, -0.15) is 0 Å². The number of carbonyl (C=O) groups excluding carboxylic acids is 1. The summed E-state index contributed by atoms with van der Waals surface area (Å²) >= 11 is 5.89. The fourth-order valence-electron chi connectivity index (χ4n) is 3.03. The lowest BCUT2D eigenvalue weighted by Crippen LogP contribution is -2.31. The molecule has 2 aromatic carbocycles. The van der Waals surface area contributed by atoms with Crippen molar-refractivity contribution >= 4 is 17.5 Å². The summed E-state index contributed by atoms with van der Waals surface area (Å²) in [6.07, 6.45) is 1.40. The second-order valence-electron chi connectivity index (χ2n) is 6.47. The zero-order chi connectivity index (χ0) is 17.6. The SMILES string of the molecule is NCC1CCN(C(=O)Cc2cccc(OCc3ccc(Cl)cc3)c2)C1. The summed E-state index contributed by atoms with van der Waals surface area (Å²) in [4.78, 5) is 14.3. The second kappa shape index (κ2) is 8.37. The Labute approximate surface area is 153 Å². The number of hydrogen-bond donors (Lipinski definition) is 1. The van der Waals surface area contributed by atoms with Crippen LogP contribution in [-0.4, -0.2) is 30.4 Å². The predicted octanol–water partition coefficient (Wildman–Crippen LogP) is 3.27. The van der Waals surface area contributed by atoms with Crippen molar-refractivity contribution in [3.05, 3.63) is 64.7 Å². The molecule has 1 fully saturated rings. The standard InChI is InChI=1S/C20H23ClN2O2/c21-18-6-4-15(5-7-18)14-25-19-3-1-2-16(10-19)11-20(24)23-9-8-17(12-22)13-23/h1-7,10,17H,8-9,11-14,22H2. The van der Waals surface area contributed by atoms with Crippen LogP contribution in [0.1, 0.15) is 17.5 Å². The fourth-order valence-corrected chi connectivity index (χ4v) is 3.16. The Morgan fingerprint density at radius 3 is 2.72 bits per heavy atom. The molecule has 1 atom stereocenters. The largest absolute Gasteiger partial charge is 0.489 e. The van der Waals surface area contributed by atoms with Crippen molar-refractivity contribution in [2.45, 2.75) is 19.4 Å². The molecule has 25 heavy (non-hydrogen) atoms. The van der Waals surface area contributed by atoms with E-state index in [4.69, 9.17) is 22.1 Å². The van der Waals surface area contributed by atoms with Crippen LogP contribution in [0.5, 0.6) is 5.75 Å². The summed E-state index contributed by atoms with van der Waals surface area (Å²) in [7, 11) is 0. The van der Waals surface area contributed by atoms with Crippen LogP contribution in [-0.2, 0) is 17.8 Å². The molecule has 5 heteroatoms. The van der Waals surface area contributed by atoms with Crippen LogP contribution in [0.25, 0.3) is 0 Å². The second-order valence-corrected chi connectivity index (χ2v) is 6.91. The van der Waals surface area contributed by atoms with Crippen LogP contribution in [0.3, 0.4) is 0 Å². The molecule has 1 amide bonds. The van der Waals surface area contributed by atoms with Gasteiger partial charge in [-0.3, -0.25) is 4.79 Å². The van der Waals surface area contributed by atoms with E-state index in [-0.39, 0.29) is 5.91 Å². The highest BCUT2D eigenvalue weighted by Crippen LogP contribution is 2.19. The molecule has 0 bridgehead atoms. The summed E-state index contributed by atoms with van der Waals surface area (Å²) < 4.78 is 5.83. The van der Waals surface area contributed by atoms with Crippen LogP contribution >= 0.6 is 11.6 Å².